The molecule has 4 N–H and O–H groups in total. The molecule has 0 aromatic heterocycles. The van der Waals surface area contributed by atoms with Crippen LogP contribution in [0.25, 0.3) is 0 Å². The van der Waals surface area contributed by atoms with Crippen molar-refractivity contribution < 1.29 is 9.59 Å². The SMILES string of the molecule is Cc1ccc(NC(=O)C(C)C)cc1NC(=O)CCC(C)N. The summed E-state index contributed by atoms with van der Waals surface area (Å²) in [5.74, 6) is -0.203. The first-order chi connectivity index (χ1) is 9.79. The van der Waals surface area contributed by atoms with E-state index in [9.17, 15) is 9.59 Å². The fraction of sp³-hybridized carbons (Fsp3) is 0.500. The third kappa shape index (κ3) is 5.95. The van der Waals surface area contributed by atoms with Gasteiger partial charge in [-0.2, -0.15) is 0 Å². The number of nitrogens with two attached hydrogens (primary N) is 1. The number of aryl methyl sites for hydroxylation is 1. The summed E-state index contributed by atoms with van der Waals surface area (Å²) in [5, 5.41) is 5.68. The van der Waals surface area contributed by atoms with E-state index in [4.69, 9.17) is 5.73 Å². The summed E-state index contributed by atoms with van der Waals surface area (Å²) >= 11 is 0. The van der Waals surface area contributed by atoms with Crippen molar-refractivity contribution >= 4 is 23.2 Å². The van der Waals surface area contributed by atoms with E-state index in [-0.39, 0.29) is 23.8 Å². The maximum atomic E-state index is 11.9. The summed E-state index contributed by atoms with van der Waals surface area (Å²) in [6.07, 6.45) is 1.04. The van der Waals surface area contributed by atoms with Crippen LogP contribution in [-0.2, 0) is 9.59 Å². The zero-order chi connectivity index (χ0) is 16.0. The summed E-state index contributed by atoms with van der Waals surface area (Å²) in [6.45, 7) is 7.45. The van der Waals surface area contributed by atoms with E-state index in [1.54, 1.807) is 6.07 Å². The molecular weight excluding hydrogens is 266 g/mol. The molecule has 1 aromatic rings. The molecule has 0 spiro atoms. The van der Waals surface area contributed by atoms with E-state index in [1.165, 1.54) is 0 Å². The Morgan fingerprint density at radius 1 is 1.19 bits per heavy atom. The van der Waals surface area contributed by atoms with Gasteiger partial charge < -0.3 is 16.4 Å². The number of benzene rings is 1. The third-order valence-corrected chi connectivity index (χ3v) is 3.13. The minimum absolute atomic E-state index is 0.00788. The highest BCUT2D eigenvalue weighted by Crippen LogP contribution is 2.21. The van der Waals surface area contributed by atoms with Crippen LogP contribution in [0.15, 0.2) is 18.2 Å². The van der Waals surface area contributed by atoms with Crippen LogP contribution >= 0.6 is 0 Å². The molecule has 0 aliphatic carbocycles. The number of hydrogen-bond acceptors (Lipinski definition) is 3. The second-order valence-electron chi connectivity index (χ2n) is 5.74. The van der Waals surface area contributed by atoms with E-state index >= 15 is 0 Å². The van der Waals surface area contributed by atoms with Gasteiger partial charge in [0.25, 0.3) is 0 Å². The van der Waals surface area contributed by atoms with Crippen LogP contribution in [0.1, 0.15) is 39.2 Å². The first-order valence-electron chi connectivity index (χ1n) is 7.26. The summed E-state index contributed by atoms with van der Waals surface area (Å²) < 4.78 is 0. The molecule has 0 radical (unpaired) electrons. The molecule has 2 amide bonds. The average molecular weight is 291 g/mol. The number of hydrogen-bond donors (Lipinski definition) is 3. The Labute approximate surface area is 126 Å². The Morgan fingerprint density at radius 2 is 1.86 bits per heavy atom. The lowest BCUT2D eigenvalue weighted by molar-refractivity contribution is -0.119. The summed E-state index contributed by atoms with van der Waals surface area (Å²) in [5.41, 5.74) is 7.99. The molecule has 5 heteroatoms. The molecule has 0 heterocycles. The highest BCUT2D eigenvalue weighted by Gasteiger charge is 2.10. The minimum atomic E-state index is -0.0876. The molecule has 21 heavy (non-hydrogen) atoms. The van der Waals surface area contributed by atoms with E-state index in [0.717, 1.165) is 5.56 Å². The molecule has 1 rings (SSSR count). The molecule has 0 saturated carbocycles. The quantitative estimate of drug-likeness (QED) is 0.753. The Balaban J connectivity index is 2.73. The van der Waals surface area contributed by atoms with Gasteiger partial charge in [-0.15, -0.1) is 0 Å². The molecule has 5 nitrogen and oxygen atoms in total. The van der Waals surface area contributed by atoms with Gasteiger partial charge in [-0.1, -0.05) is 19.9 Å². The Bertz CT molecular complexity index is 510. The average Bonchev–Trinajstić information content (AvgIpc) is 2.40. The summed E-state index contributed by atoms with van der Waals surface area (Å²) in [6, 6.07) is 5.48. The van der Waals surface area contributed by atoms with Crippen molar-refractivity contribution in [3.8, 4) is 0 Å². The number of rotatable bonds is 6. The van der Waals surface area contributed by atoms with Gasteiger partial charge in [0, 0.05) is 29.8 Å². The number of carbonyl (C=O) groups excluding carboxylic acids is 2. The molecule has 0 bridgehead atoms. The minimum Gasteiger partial charge on any atom is -0.328 e. The zero-order valence-electron chi connectivity index (χ0n) is 13.2. The van der Waals surface area contributed by atoms with Crippen LogP contribution in [0.5, 0.6) is 0 Å². The van der Waals surface area contributed by atoms with E-state index in [2.05, 4.69) is 10.6 Å². The summed E-state index contributed by atoms with van der Waals surface area (Å²) in [7, 11) is 0. The second-order valence-corrected chi connectivity index (χ2v) is 5.74. The van der Waals surface area contributed by atoms with Crippen molar-refractivity contribution in [1.29, 1.82) is 0 Å². The van der Waals surface area contributed by atoms with E-state index in [1.807, 2.05) is 39.8 Å². The van der Waals surface area contributed by atoms with Gasteiger partial charge in [0.1, 0.15) is 0 Å². The highest BCUT2D eigenvalue weighted by molar-refractivity contribution is 5.95. The van der Waals surface area contributed by atoms with Gasteiger partial charge in [0.05, 0.1) is 0 Å². The van der Waals surface area contributed by atoms with Gasteiger partial charge in [-0.05, 0) is 38.0 Å². The predicted molar refractivity (Wildman–Crippen MR) is 86.2 cm³/mol. The van der Waals surface area contributed by atoms with Crippen LogP contribution in [0, 0.1) is 12.8 Å². The molecule has 116 valence electrons. The van der Waals surface area contributed by atoms with Crippen molar-refractivity contribution in [1.82, 2.24) is 0 Å². The second kappa shape index (κ2) is 7.78. The maximum Gasteiger partial charge on any atom is 0.226 e. The van der Waals surface area contributed by atoms with Gasteiger partial charge in [0.15, 0.2) is 0 Å². The molecule has 0 aliphatic heterocycles. The van der Waals surface area contributed by atoms with Crippen molar-refractivity contribution in [3.05, 3.63) is 23.8 Å². The van der Waals surface area contributed by atoms with Gasteiger partial charge in [0.2, 0.25) is 11.8 Å². The maximum absolute atomic E-state index is 11.9. The van der Waals surface area contributed by atoms with Gasteiger partial charge in [-0.3, -0.25) is 9.59 Å². The highest BCUT2D eigenvalue weighted by atomic mass is 16.2. The third-order valence-electron chi connectivity index (χ3n) is 3.13. The van der Waals surface area contributed by atoms with Crippen LogP contribution in [0.3, 0.4) is 0 Å². The van der Waals surface area contributed by atoms with Crippen LogP contribution in [0.4, 0.5) is 11.4 Å². The normalized spacial score (nSPS) is 12.1. The lowest BCUT2D eigenvalue weighted by Crippen LogP contribution is -2.20. The number of carbonyl (C=O) groups is 2. The predicted octanol–water partition coefficient (Wildman–Crippen LogP) is 2.66. The standard InChI is InChI=1S/C16H25N3O2/c1-10(2)16(21)18-13-7-5-11(3)14(9-13)19-15(20)8-6-12(4)17/h5,7,9-10,12H,6,8,17H2,1-4H3,(H,18,21)(H,19,20). The monoisotopic (exact) mass is 291 g/mol. The molecule has 0 fully saturated rings. The number of amides is 2. The van der Waals surface area contributed by atoms with Crippen LogP contribution in [0.2, 0.25) is 0 Å². The number of anilines is 2. The van der Waals surface area contributed by atoms with Gasteiger partial charge >= 0.3 is 0 Å². The molecule has 0 aliphatic rings. The number of nitrogens with one attached hydrogen (secondary N) is 2. The Morgan fingerprint density at radius 3 is 2.43 bits per heavy atom. The fourth-order valence-electron chi connectivity index (χ4n) is 1.69. The van der Waals surface area contributed by atoms with Crippen molar-refractivity contribution in [2.24, 2.45) is 11.7 Å². The molecule has 0 saturated heterocycles. The van der Waals surface area contributed by atoms with E-state index in [0.29, 0.717) is 24.2 Å². The van der Waals surface area contributed by atoms with Crippen molar-refractivity contribution in [3.63, 3.8) is 0 Å². The zero-order valence-corrected chi connectivity index (χ0v) is 13.2. The van der Waals surface area contributed by atoms with Crippen molar-refractivity contribution in [2.45, 2.75) is 46.6 Å². The molecule has 1 unspecified atom stereocenters. The first-order valence-corrected chi connectivity index (χ1v) is 7.26. The van der Waals surface area contributed by atoms with E-state index < -0.39 is 0 Å². The topological polar surface area (TPSA) is 84.2 Å². The lowest BCUT2D eigenvalue weighted by atomic mass is 10.1. The Kier molecular flexibility index (Phi) is 6.37. The van der Waals surface area contributed by atoms with Gasteiger partial charge in [-0.25, -0.2) is 0 Å². The van der Waals surface area contributed by atoms with Crippen molar-refractivity contribution in [2.75, 3.05) is 10.6 Å². The fourth-order valence-corrected chi connectivity index (χ4v) is 1.69. The molecular formula is C16H25N3O2. The Hall–Kier alpha value is -1.88. The molecule has 1 aromatic carbocycles. The van der Waals surface area contributed by atoms with Crippen LogP contribution < -0.4 is 16.4 Å². The summed E-state index contributed by atoms with van der Waals surface area (Å²) in [4.78, 5) is 23.6. The molecule has 1 atom stereocenters. The largest absolute Gasteiger partial charge is 0.328 e. The van der Waals surface area contributed by atoms with Crippen LogP contribution in [-0.4, -0.2) is 17.9 Å². The smallest absolute Gasteiger partial charge is 0.226 e. The lowest BCUT2D eigenvalue weighted by Gasteiger charge is -2.13. The first kappa shape index (κ1) is 17.2.